The van der Waals surface area contributed by atoms with Gasteiger partial charge >= 0.3 is 0 Å². The fourth-order valence-electron chi connectivity index (χ4n) is 6.09. The third kappa shape index (κ3) is 7.01. The molecule has 0 bridgehead atoms. The highest BCUT2D eigenvalue weighted by Crippen LogP contribution is 2.32. The average molecular weight is 676 g/mol. The largest absolute Gasteiger partial charge is 0.393 e. The average Bonchev–Trinajstić information content (AvgIpc) is 3.08. The van der Waals surface area contributed by atoms with Gasteiger partial charge in [-0.2, -0.15) is 0 Å². The van der Waals surface area contributed by atoms with Crippen LogP contribution in [0.5, 0.6) is 0 Å². The second-order valence-electron chi connectivity index (χ2n) is 13.6. The molecule has 0 amide bonds. The number of rotatable bonds is 8. The standard InChI is InChI=1S/C36H38FN11O2/c1-36(2,3)47-35-42-17-27-30(46-35)26(15-39-32(27)38)21-12-13-48(29(50)14-21)19-43-33-28-18-41-34(44-23-8-10-24(49)11-9-23)45-31(28)25(16-40-33)20-4-6-22(37)7-5-20/h4-7,12-18,23-24,49H,8-11,19H2,1-3H3,(H2,38,39)(H,40,43)(H,41,44,45)(H,42,46,47)/t23-,24-. The van der Waals surface area contributed by atoms with E-state index in [1.54, 1.807) is 43.1 Å². The SMILES string of the molecule is CC(C)(C)Nc1ncc2c(N)ncc(-c3ccn(CNc4ncc(-c5ccc(F)cc5)c5nc(N[C@H]6CC[C@H](O)CC6)ncc45)c(=O)c3)c2n1. The summed E-state index contributed by atoms with van der Waals surface area (Å²) in [6, 6.07) is 9.67. The molecule has 5 heterocycles. The molecule has 1 aliphatic rings. The Morgan fingerprint density at radius 2 is 1.52 bits per heavy atom. The molecule has 1 aromatic carbocycles. The first-order valence-electron chi connectivity index (χ1n) is 16.5. The zero-order valence-electron chi connectivity index (χ0n) is 28.0. The van der Waals surface area contributed by atoms with Gasteiger partial charge in [-0.15, -0.1) is 0 Å². The van der Waals surface area contributed by atoms with Crippen molar-refractivity contribution in [1.82, 2.24) is 34.5 Å². The van der Waals surface area contributed by atoms with Crippen molar-refractivity contribution in [1.29, 1.82) is 0 Å². The summed E-state index contributed by atoms with van der Waals surface area (Å²) in [5.41, 5.74) is 9.59. The number of aliphatic hydroxyl groups is 1. The number of pyridine rings is 3. The van der Waals surface area contributed by atoms with Crippen LogP contribution in [0.2, 0.25) is 0 Å². The molecule has 0 saturated heterocycles. The Morgan fingerprint density at radius 3 is 2.26 bits per heavy atom. The maximum atomic E-state index is 13.8. The second-order valence-corrected chi connectivity index (χ2v) is 13.6. The number of hydrogen-bond donors (Lipinski definition) is 5. The number of aliphatic hydroxyl groups excluding tert-OH is 1. The Hall–Kier alpha value is -5.76. The van der Waals surface area contributed by atoms with Gasteiger partial charge in [0.2, 0.25) is 11.9 Å². The first kappa shape index (κ1) is 32.8. The fraction of sp³-hybridized carbons (Fsp3) is 0.306. The van der Waals surface area contributed by atoms with Crippen LogP contribution in [0.3, 0.4) is 0 Å². The Balaban J connectivity index is 1.18. The van der Waals surface area contributed by atoms with E-state index in [1.807, 2.05) is 26.8 Å². The van der Waals surface area contributed by atoms with E-state index in [-0.39, 0.29) is 35.7 Å². The zero-order chi connectivity index (χ0) is 35.0. The molecule has 0 aliphatic heterocycles. The molecular weight excluding hydrogens is 637 g/mol. The molecule has 6 aromatic rings. The Labute approximate surface area is 287 Å². The molecule has 0 spiro atoms. The number of fused-ring (bicyclic) bond motifs is 2. The number of hydrogen-bond acceptors (Lipinski definition) is 12. The van der Waals surface area contributed by atoms with E-state index < -0.39 is 0 Å². The summed E-state index contributed by atoms with van der Waals surface area (Å²) < 4.78 is 15.3. The minimum absolute atomic E-state index is 0.115. The predicted molar refractivity (Wildman–Crippen MR) is 193 cm³/mol. The second kappa shape index (κ2) is 13.3. The summed E-state index contributed by atoms with van der Waals surface area (Å²) in [5.74, 6) is 1.35. The number of nitrogen functional groups attached to an aromatic ring is 1. The summed E-state index contributed by atoms with van der Waals surface area (Å²) >= 11 is 0. The van der Waals surface area contributed by atoms with Crippen molar-refractivity contribution >= 4 is 45.3 Å². The molecule has 0 atom stereocenters. The van der Waals surface area contributed by atoms with Crippen LogP contribution in [0, 0.1) is 5.82 Å². The van der Waals surface area contributed by atoms with Gasteiger partial charge in [0, 0.05) is 59.8 Å². The number of benzene rings is 1. The summed E-state index contributed by atoms with van der Waals surface area (Å²) in [6.07, 6.45) is 11.1. The summed E-state index contributed by atoms with van der Waals surface area (Å²) in [5, 5.41) is 21.1. The van der Waals surface area contributed by atoms with Crippen LogP contribution >= 0.6 is 0 Å². The number of halogens is 1. The molecule has 6 N–H and O–H groups in total. The van der Waals surface area contributed by atoms with Crippen molar-refractivity contribution in [3.05, 3.63) is 83.6 Å². The third-order valence-electron chi connectivity index (χ3n) is 8.67. The topological polar surface area (TPSA) is 182 Å². The summed E-state index contributed by atoms with van der Waals surface area (Å²) in [6.45, 7) is 6.16. The molecule has 14 heteroatoms. The van der Waals surface area contributed by atoms with Gasteiger partial charge in [-0.1, -0.05) is 12.1 Å². The lowest BCUT2D eigenvalue weighted by Crippen LogP contribution is -2.28. The smallest absolute Gasteiger partial charge is 0.252 e. The highest BCUT2D eigenvalue weighted by atomic mass is 19.1. The van der Waals surface area contributed by atoms with E-state index in [2.05, 4.69) is 35.9 Å². The molecule has 1 saturated carbocycles. The lowest BCUT2D eigenvalue weighted by atomic mass is 9.93. The van der Waals surface area contributed by atoms with Crippen molar-refractivity contribution in [2.24, 2.45) is 0 Å². The zero-order valence-corrected chi connectivity index (χ0v) is 28.0. The molecule has 0 radical (unpaired) electrons. The van der Waals surface area contributed by atoms with E-state index in [0.29, 0.717) is 62.0 Å². The molecule has 50 heavy (non-hydrogen) atoms. The van der Waals surface area contributed by atoms with Crippen LogP contribution in [0.15, 0.2) is 72.2 Å². The maximum absolute atomic E-state index is 13.8. The lowest BCUT2D eigenvalue weighted by Gasteiger charge is -2.26. The van der Waals surface area contributed by atoms with E-state index in [4.69, 9.17) is 15.7 Å². The van der Waals surface area contributed by atoms with Crippen molar-refractivity contribution < 1.29 is 9.50 Å². The monoisotopic (exact) mass is 675 g/mol. The molecule has 7 rings (SSSR count). The van der Waals surface area contributed by atoms with Crippen LogP contribution in [0.4, 0.5) is 27.9 Å². The highest BCUT2D eigenvalue weighted by molar-refractivity contribution is 5.99. The van der Waals surface area contributed by atoms with Crippen molar-refractivity contribution in [2.75, 3.05) is 21.7 Å². The first-order chi connectivity index (χ1) is 24.0. The predicted octanol–water partition coefficient (Wildman–Crippen LogP) is 5.58. The normalized spacial score (nSPS) is 16.4. The van der Waals surface area contributed by atoms with Gasteiger partial charge in [0.05, 0.1) is 34.6 Å². The number of nitrogens with one attached hydrogen (secondary N) is 3. The molecule has 1 aliphatic carbocycles. The van der Waals surface area contributed by atoms with Crippen LogP contribution in [-0.4, -0.2) is 57.3 Å². The minimum Gasteiger partial charge on any atom is -0.393 e. The van der Waals surface area contributed by atoms with Gasteiger partial charge in [-0.25, -0.2) is 34.3 Å². The van der Waals surface area contributed by atoms with Gasteiger partial charge in [0.25, 0.3) is 5.56 Å². The van der Waals surface area contributed by atoms with Crippen LogP contribution in [-0.2, 0) is 6.67 Å². The maximum Gasteiger partial charge on any atom is 0.252 e. The Morgan fingerprint density at radius 1 is 0.860 bits per heavy atom. The van der Waals surface area contributed by atoms with E-state index in [1.165, 1.54) is 22.8 Å². The van der Waals surface area contributed by atoms with E-state index in [9.17, 15) is 14.3 Å². The van der Waals surface area contributed by atoms with Crippen LogP contribution in [0.1, 0.15) is 46.5 Å². The van der Waals surface area contributed by atoms with Crippen molar-refractivity contribution in [3.8, 4) is 22.3 Å². The van der Waals surface area contributed by atoms with Gasteiger partial charge in [-0.05, 0) is 75.8 Å². The highest BCUT2D eigenvalue weighted by Gasteiger charge is 2.21. The number of anilines is 4. The van der Waals surface area contributed by atoms with E-state index in [0.717, 1.165) is 31.2 Å². The van der Waals surface area contributed by atoms with Gasteiger partial charge in [0.15, 0.2) is 0 Å². The quantitative estimate of drug-likeness (QED) is 0.135. The molecule has 1 fully saturated rings. The van der Waals surface area contributed by atoms with Crippen molar-refractivity contribution in [2.45, 2.75) is 70.8 Å². The fourth-order valence-corrected chi connectivity index (χ4v) is 6.09. The number of nitrogens with zero attached hydrogens (tertiary/aromatic N) is 7. The van der Waals surface area contributed by atoms with Crippen LogP contribution < -0.4 is 27.2 Å². The molecule has 13 nitrogen and oxygen atoms in total. The Bertz CT molecular complexity index is 2250. The molecular formula is C36H38FN11O2. The van der Waals surface area contributed by atoms with Crippen molar-refractivity contribution in [3.63, 3.8) is 0 Å². The summed E-state index contributed by atoms with van der Waals surface area (Å²) in [7, 11) is 0. The molecule has 256 valence electrons. The summed E-state index contributed by atoms with van der Waals surface area (Å²) in [4.78, 5) is 40.9. The number of nitrogens with two attached hydrogens (primary N) is 1. The van der Waals surface area contributed by atoms with Gasteiger partial charge in [0.1, 0.15) is 17.5 Å². The van der Waals surface area contributed by atoms with Crippen LogP contribution in [0.25, 0.3) is 44.1 Å². The molecule has 0 unspecified atom stereocenters. The number of aromatic nitrogens is 7. The molecule has 5 aromatic heterocycles. The first-order valence-corrected chi connectivity index (χ1v) is 16.5. The third-order valence-corrected chi connectivity index (χ3v) is 8.67. The minimum atomic E-state index is -0.339. The van der Waals surface area contributed by atoms with Gasteiger partial charge in [-0.3, -0.25) is 9.36 Å². The van der Waals surface area contributed by atoms with Gasteiger partial charge < -0.3 is 26.8 Å². The Kier molecular flexibility index (Phi) is 8.70. The lowest BCUT2D eigenvalue weighted by molar-refractivity contribution is 0.126. The van der Waals surface area contributed by atoms with E-state index >= 15 is 0 Å².